The quantitative estimate of drug-likeness (QED) is 0.428. The van der Waals surface area contributed by atoms with Gasteiger partial charge in [-0.1, -0.05) is 45.0 Å². The van der Waals surface area contributed by atoms with Gasteiger partial charge in [0.2, 0.25) is 11.8 Å². The van der Waals surface area contributed by atoms with Gasteiger partial charge in [-0.25, -0.2) is 4.98 Å². The maximum absolute atomic E-state index is 13.4. The molecule has 1 aromatic heterocycles. The van der Waals surface area contributed by atoms with Crippen LogP contribution in [0.2, 0.25) is 0 Å². The molecule has 3 N–H and O–H groups in total. The van der Waals surface area contributed by atoms with Crippen LogP contribution in [0.15, 0.2) is 29.8 Å². The van der Waals surface area contributed by atoms with Crippen molar-refractivity contribution in [2.24, 2.45) is 5.41 Å². The smallest absolute Gasteiger partial charge is 0.293 e. The second-order valence-electron chi connectivity index (χ2n) is 9.85. The molecule has 0 radical (unpaired) electrons. The van der Waals surface area contributed by atoms with Gasteiger partial charge in [-0.2, -0.15) is 0 Å². The molecule has 0 spiro atoms. The van der Waals surface area contributed by atoms with Crippen molar-refractivity contribution in [3.63, 3.8) is 0 Å². The van der Waals surface area contributed by atoms with Crippen LogP contribution in [0.5, 0.6) is 0 Å². The number of hydrogen-bond acceptors (Lipinski definition) is 8. The number of hydrogen-bond donors (Lipinski definition) is 3. The fourth-order valence-electron chi connectivity index (χ4n) is 4.09. The second-order valence-corrected chi connectivity index (χ2v) is 10.7. The fraction of sp³-hybridized carbons (Fsp3) is 0.480. The highest BCUT2D eigenvalue weighted by atomic mass is 32.1. The zero-order chi connectivity index (χ0) is 26.5. The first-order valence-corrected chi connectivity index (χ1v) is 12.5. The van der Waals surface area contributed by atoms with Crippen LogP contribution in [0, 0.1) is 12.3 Å². The van der Waals surface area contributed by atoms with E-state index in [9.17, 15) is 24.3 Å². The number of aromatic nitrogens is 1. The topological polar surface area (TPSA) is 138 Å². The molecule has 3 rings (SSSR count). The molecular formula is C25H32N4O6S. The number of nitrogens with zero attached hydrogens (tertiary/aromatic N) is 2. The van der Waals surface area contributed by atoms with Gasteiger partial charge in [-0.05, 0) is 23.5 Å². The van der Waals surface area contributed by atoms with E-state index in [1.54, 1.807) is 37.6 Å². The van der Waals surface area contributed by atoms with Crippen molar-refractivity contribution >= 4 is 35.5 Å². The number of ether oxygens (including phenoxy) is 1. The Morgan fingerprint density at radius 1 is 1.28 bits per heavy atom. The van der Waals surface area contributed by atoms with E-state index in [0.29, 0.717) is 0 Å². The van der Waals surface area contributed by atoms with E-state index in [1.807, 2.05) is 31.2 Å². The normalized spacial score (nSPS) is 18.4. The van der Waals surface area contributed by atoms with Crippen molar-refractivity contribution in [3.8, 4) is 10.4 Å². The first-order chi connectivity index (χ1) is 17.0. The second kappa shape index (κ2) is 11.6. The highest BCUT2D eigenvalue weighted by molar-refractivity contribution is 7.13. The van der Waals surface area contributed by atoms with Gasteiger partial charge in [0, 0.05) is 19.5 Å². The summed E-state index contributed by atoms with van der Waals surface area (Å²) in [5.74, 6) is -1.50. The van der Waals surface area contributed by atoms with Crippen LogP contribution in [0.4, 0.5) is 0 Å². The number of thiazole rings is 1. The Labute approximate surface area is 214 Å². The minimum atomic E-state index is -0.983. The minimum absolute atomic E-state index is 0.0207. The molecule has 2 aromatic rings. The van der Waals surface area contributed by atoms with Crippen molar-refractivity contribution in [2.75, 3.05) is 13.2 Å². The van der Waals surface area contributed by atoms with E-state index >= 15 is 0 Å². The highest BCUT2D eigenvalue weighted by Gasteiger charge is 2.44. The SMILES string of the molecule is Cc1ncsc1-c1ccc(CNC(=O)[C@@H]2C[C@@H](O)CN2C(=O)[C@@H](NC(=O)COC=O)C(C)(C)C)cc1. The van der Waals surface area contributed by atoms with E-state index in [0.717, 1.165) is 21.7 Å². The number of amides is 3. The van der Waals surface area contributed by atoms with Gasteiger partial charge in [0.15, 0.2) is 6.61 Å². The highest BCUT2D eigenvalue weighted by Crippen LogP contribution is 2.28. The molecule has 1 aromatic carbocycles. The van der Waals surface area contributed by atoms with Crippen LogP contribution in [0.3, 0.4) is 0 Å². The molecule has 0 saturated carbocycles. The molecular weight excluding hydrogens is 484 g/mol. The van der Waals surface area contributed by atoms with Gasteiger partial charge in [-0.15, -0.1) is 11.3 Å². The van der Waals surface area contributed by atoms with Crippen LogP contribution in [-0.4, -0.2) is 70.5 Å². The molecule has 36 heavy (non-hydrogen) atoms. The van der Waals surface area contributed by atoms with E-state index in [4.69, 9.17) is 0 Å². The number of carbonyl (C=O) groups excluding carboxylic acids is 4. The van der Waals surface area contributed by atoms with Gasteiger partial charge in [0.05, 0.1) is 22.2 Å². The van der Waals surface area contributed by atoms with Crippen molar-refractivity contribution in [1.82, 2.24) is 20.5 Å². The monoisotopic (exact) mass is 516 g/mol. The van der Waals surface area contributed by atoms with Crippen LogP contribution in [-0.2, 0) is 30.5 Å². The molecule has 1 aliphatic heterocycles. The molecule has 194 valence electrons. The number of aryl methyl sites for hydroxylation is 1. The number of β-amino-alcohol motifs (C(OH)–C–C–N with tert-alkyl or cyclic N) is 1. The number of benzene rings is 1. The number of nitrogens with one attached hydrogen (secondary N) is 2. The van der Waals surface area contributed by atoms with Gasteiger partial charge in [0.25, 0.3) is 12.4 Å². The Kier molecular flexibility index (Phi) is 8.80. The van der Waals surface area contributed by atoms with Gasteiger partial charge in [0.1, 0.15) is 12.1 Å². The maximum atomic E-state index is 13.4. The number of aliphatic hydroxyl groups is 1. The summed E-state index contributed by atoms with van der Waals surface area (Å²) in [6.07, 6.45) is -0.762. The first-order valence-electron chi connectivity index (χ1n) is 11.6. The summed E-state index contributed by atoms with van der Waals surface area (Å²) >= 11 is 1.57. The number of aliphatic hydroxyl groups excluding tert-OH is 1. The standard InChI is InChI=1S/C25H32N4O6S/c1-15-21(36-13-27-15)17-7-5-16(6-8-17)10-26-23(33)19-9-18(31)11-29(19)24(34)22(25(2,3)4)28-20(32)12-35-14-30/h5-8,13-14,18-19,22,31H,9-12H2,1-4H3,(H,26,33)(H,28,32)/t18-,19+,22-/m1/s1. The minimum Gasteiger partial charge on any atom is -0.458 e. The first kappa shape index (κ1) is 27.3. The van der Waals surface area contributed by atoms with Crippen LogP contribution in [0.25, 0.3) is 10.4 Å². The third-order valence-electron chi connectivity index (χ3n) is 5.99. The maximum Gasteiger partial charge on any atom is 0.293 e. The third kappa shape index (κ3) is 6.67. The van der Waals surface area contributed by atoms with Crippen molar-refractivity contribution in [3.05, 3.63) is 41.0 Å². The van der Waals surface area contributed by atoms with Crippen LogP contribution in [0.1, 0.15) is 38.4 Å². The number of carbonyl (C=O) groups is 4. The summed E-state index contributed by atoms with van der Waals surface area (Å²) in [5, 5.41) is 15.7. The molecule has 11 heteroatoms. The molecule has 1 saturated heterocycles. The zero-order valence-corrected chi connectivity index (χ0v) is 21.6. The van der Waals surface area contributed by atoms with E-state index < -0.39 is 42.0 Å². The molecule has 1 aliphatic rings. The lowest BCUT2D eigenvalue weighted by atomic mass is 9.85. The Morgan fingerprint density at radius 2 is 1.97 bits per heavy atom. The average molecular weight is 517 g/mol. The Balaban J connectivity index is 1.66. The van der Waals surface area contributed by atoms with E-state index in [2.05, 4.69) is 20.4 Å². The zero-order valence-electron chi connectivity index (χ0n) is 20.8. The van der Waals surface area contributed by atoms with Crippen LogP contribution >= 0.6 is 11.3 Å². The molecule has 10 nitrogen and oxygen atoms in total. The summed E-state index contributed by atoms with van der Waals surface area (Å²) in [4.78, 5) is 55.7. The Morgan fingerprint density at radius 3 is 2.56 bits per heavy atom. The number of likely N-dealkylation sites (tertiary alicyclic amines) is 1. The van der Waals surface area contributed by atoms with Gasteiger partial charge < -0.3 is 25.4 Å². The van der Waals surface area contributed by atoms with Crippen molar-refractivity contribution in [2.45, 2.75) is 58.8 Å². The number of rotatable bonds is 9. The summed E-state index contributed by atoms with van der Waals surface area (Å²) in [7, 11) is 0. The lowest BCUT2D eigenvalue weighted by Gasteiger charge is -2.35. The molecule has 2 heterocycles. The molecule has 1 fully saturated rings. The van der Waals surface area contributed by atoms with Gasteiger partial charge in [-0.3, -0.25) is 19.2 Å². The third-order valence-corrected chi connectivity index (χ3v) is 6.97. The van der Waals surface area contributed by atoms with Crippen LogP contribution < -0.4 is 10.6 Å². The van der Waals surface area contributed by atoms with E-state index in [-0.39, 0.29) is 31.9 Å². The predicted molar refractivity (Wildman–Crippen MR) is 134 cm³/mol. The summed E-state index contributed by atoms with van der Waals surface area (Å²) < 4.78 is 4.47. The molecule has 0 bridgehead atoms. The summed E-state index contributed by atoms with van der Waals surface area (Å²) in [6.45, 7) is 7.15. The molecule has 0 unspecified atom stereocenters. The van der Waals surface area contributed by atoms with Gasteiger partial charge >= 0.3 is 0 Å². The van der Waals surface area contributed by atoms with E-state index in [1.165, 1.54) is 4.90 Å². The Hall–Kier alpha value is -3.31. The fourth-order valence-corrected chi connectivity index (χ4v) is 4.90. The molecule has 3 amide bonds. The van der Waals surface area contributed by atoms with Crippen molar-refractivity contribution in [1.29, 1.82) is 0 Å². The van der Waals surface area contributed by atoms with Crippen molar-refractivity contribution < 1.29 is 29.0 Å². The lowest BCUT2D eigenvalue weighted by Crippen LogP contribution is -2.58. The average Bonchev–Trinajstić information content (AvgIpc) is 3.44. The lowest BCUT2D eigenvalue weighted by molar-refractivity contribution is -0.145. The summed E-state index contributed by atoms with van der Waals surface area (Å²) in [5.41, 5.74) is 4.01. The predicted octanol–water partition coefficient (Wildman–Crippen LogP) is 1.40. The summed E-state index contributed by atoms with van der Waals surface area (Å²) in [6, 6.07) is 5.94. The largest absolute Gasteiger partial charge is 0.458 e. The Bertz CT molecular complexity index is 1090. The molecule has 0 aliphatic carbocycles. The molecule has 3 atom stereocenters.